The number of anilines is 1. The number of thiazole rings is 1. The summed E-state index contributed by atoms with van der Waals surface area (Å²) in [5.74, 6) is -0.864. The van der Waals surface area contributed by atoms with E-state index in [0.29, 0.717) is 18.0 Å². The molecule has 4 rings (SSSR count). The summed E-state index contributed by atoms with van der Waals surface area (Å²) >= 11 is 1.39. The highest BCUT2D eigenvalue weighted by Crippen LogP contribution is 2.50. The third-order valence-corrected chi connectivity index (χ3v) is 5.14. The van der Waals surface area contributed by atoms with Crippen molar-refractivity contribution in [1.82, 2.24) is 10.3 Å². The second kappa shape index (κ2) is 3.41. The van der Waals surface area contributed by atoms with Crippen molar-refractivity contribution in [3.05, 3.63) is 10.6 Å². The lowest BCUT2D eigenvalue weighted by Gasteiger charge is -2.28. The molecule has 4 amide bonds. The monoisotopic (exact) mass is 277 g/mol. The quantitative estimate of drug-likeness (QED) is 0.776. The van der Waals surface area contributed by atoms with E-state index in [9.17, 15) is 14.4 Å². The number of hydrogen-bond donors (Lipinski definition) is 1. The van der Waals surface area contributed by atoms with Crippen molar-refractivity contribution in [2.24, 2.45) is 5.41 Å². The largest absolute Gasteiger partial charge is 0.337 e. The van der Waals surface area contributed by atoms with Gasteiger partial charge in [0.2, 0.25) is 11.0 Å². The van der Waals surface area contributed by atoms with Crippen molar-refractivity contribution in [3.63, 3.8) is 0 Å². The van der Waals surface area contributed by atoms with E-state index >= 15 is 0 Å². The molecule has 98 valence electrons. The number of nitrogens with one attached hydrogen (secondary N) is 1. The summed E-state index contributed by atoms with van der Waals surface area (Å²) in [7, 11) is 0. The fourth-order valence-corrected chi connectivity index (χ4v) is 3.83. The average Bonchev–Trinajstić information content (AvgIpc) is 2.90. The molecule has 0 radical (unpaired) electrons. The van der Waals surface area contributed by atoms with Crippen LogP contribution in [-0.2, 0) is 22.4 Å². The molecule has 1 spiro atoms. The third kappa shape index (κ3) is 1.36. The first-order chi connectivity index (χ1) is 9.12. The first-order valence-corrected chi connectivity index (χ1v) is 7.12. The Morgan fingerprint density at radius 1 is 1.21 bits per heavy atom. The zero-order chi connectivity index (χ0) is 13.2. The van der Waals surface area contributed by atoms with Crippen LogP contribution in [-0.4, -0.2) is 22.8 Å². The Hall–Kier alpha value is -1.76. The van der Waals surface area contributed by atoms with E-state index in [1.165, 1.54) is 11.3 Å². The number of barbiturate groups is 1. The second-order valence-electron chi connectivity index (χ2n) is 5.20. The highest BCUT2D eigenvalue weighted by Gasteiger charge is 2.63. The molecule has 6 nitrogen and oxygen atoms in total. The fraction of sp³-hybridized carbons (Fsp3) is 0.500. The average molecular weight is 277 g/mol. The van der Waals surface area contributed by atoms with Crippen molar-refractivity contribution >= 4 is 34.3 Å². The molecule has 1 aliphatic heterocycles. The van der Waals surface area contributed by atoms with Gasteiger partial charge in [-0.1, -0.05) is 0 Å². The molecular weight excluding hydrogens is 266 g/mol. The van der Waals surface area contributed by atoms with E-state index in [2.05, 4.69) is 10.3 Å². The Bertz CT molecular complexity index is 611. The normalized spacial score (nSPS) is 23.8. The zero-order valence-electron chi connectivity index (χ0n) is 10.1. The zero-order valence-corrected chi connectivity index (χ0v) is 10.9. The van der Waals surface area contributed by atoms with Crippen LogP contribution in [0.5, 0.6) is 0 Å². The van der Waals surface area contributed by atoms with Crippen LogP contribution in [0.25, 0.3) is 0 Å². The van der Waals surface area contributed by atoms with Crippen LogP contribution in [0.2, 0.25) is 0 Å². The van der Waals surface area contributed by atoms with Gasteiger partial charge in [0.15, 0.2) is 0 Å². The highest BCUT2D eigenvalue weighted by molar-refractivity contribution is 7.16. The Morgan fingerprint density at radius 2 is 2.00 bits per heavy atom. The van der Waals surface area contributed by atoms with Gasteiger partial charge in [-0.15, -0.1) is 11.3 Å². The molecule has 1 saturated heterocycles. The molecule has 19 heavy (non-hydrogen) atoms. The fourth-order valence-electron chi connectivity index (χ4n) is 2.69. The molecule has 2 aliphatic carbocycles. The minimum atomic E-state index is -0.996. The van der Waals surface area contributed by atoms with Crippen molar-refractivity contribution in [2.45, 2.75) is 32.1 Å². The number of aryl methyl sites for hydroxylation is 2. The van der Waals surface area contributed by atoms with Gasteiger partial charge < -0.3 is 0 Å². The SMILES string of the molecule is O=C1NC(=O)C2(CC2)C(=O)N1c1nc2c(s1)CCC2. The number of nitrogens with zero attached hydrogens (tertiary/aromatic N) is 2. The van der Waals surface area contributed by atoms with E-state index in [4.69, 9.17) is 0 Å². The Balaban J connectivity index is 1.74. The lowest BCUT2D eigenvalue weighted by Crippen LogP contribution is -2.59. The van der Waals surface area contributed by atoms with Gasteiger partial charge in [-0.05, 0) is 32.1 Å². The summed E-state index contributed by atoms with van der Waals surface area (Å²) in [5.41, 5.74) is -0.00772. The van der Waals surface area contributed by atoms with E-state index in [0.717, 1.165) is 34.7 Å². The van der Waals surface area contributed by atoms with Crippen LogP contribution < -0.4 is 10.2 Å². The number of carbonyl (C=O) groups excluding carboxylic acids is 3. The van der Waals surface area contributed by atoms with Crippen molar-refractivity contribution < 1.29 is 14.4 Å². The standard InChI is InChI=1S/C12H11N3O3S/c16-8-12(4-5-12)9(17)15(10(18)14-8)11-13-6-2-1-3-7(6)19-11/h1-5H2,(H,14,16,18). The molecule has 7 heteroatoms. The maximum absolute atomic E-state index is 12.4. The van der Waals surface area contributed by atoms with Crippen LogP contribution in [0.1, 0.15) is 29.8 Å². The van der Waals surface area contributed by atoms with Crippen molar-refractivity contribution in [1.29, 1.82) is 0 Å². The van der Waals surface area contributed by atoms with Crippen molar-refractivity contribution in [2.75, 3.05) is 4.90 Å². The number of urea groups is 1. The lowest BCUT2D eigenvalue weighted by atomic mass is 10.0. The maximum atomic E-state index is 12.4. The van der Waals surface area contributed by atoms with Crippen molar-refractivity contribution in [3.8, 4) is 0 Å². The topological polar surface area (TPSA) is 79.4 Å². The Morgan fingerprint density at radius 3 is 2.68 bits per heavy atom. The third-order valence-electron chi connectivity index (χ3n) is 4.00. The molecule has 2 fully saturated rings. The molecule has 0 bridgehead atoms. The summed E-state index contributed by atoms with van der Waals surface area (Å²) in [6.07, 6.45) is 3.98. The Kier molecular flexibility index (Phi) is 1.99. The second-order valence-corrected chi connectivity index (χ2v) is 6.26. The van der Waals surface area contributed by atoms with Gasteiger partial charge in [0.05, 0.1) is 5.69 Å². The highest BCUT2D eigenvalue weighted by atomic mass is 32.1. The summed E-state index contributed by atoms with van der Waals surface area (Å²) in [6.45, 7) is 0. The molecule has 1 N–H and O–H groups in total. The maximum Gasteiger partial charge on any atom is 0.337 e. The van der Waals surface area contributed by atoms with Crippen LogP contribution in [0.4, 0.5) is 9.93 Å². The van der Waals surface area contributed by atoms with Crippen LogP contribution in [0.15, 0.2) is 0 Å². The molecule has 0 atom stereocenters. The molecule has 3 aliphatic rings. The smallest absolute Gasteiger partial charge is 0.276 e. The minimum absolute atomic E-state index is 0.408. The predicted octanol–water partition coefficient (Wildman–Crippen LogP) is 0.995. The molecule has 2 heterocycles. The first kappa shape index (κ1) is 11.1. The van der Waals surface area contributed by atoms with Gasteiger partial charge in [-0.2, -0.15) is 0 Å². The van der Waals surface area contributed by atoms with E-state index < -0.39 is 23.3 Å². The summed E-state index contributed by atoms with van der Waals surface area (Å²) in [6, 6.07) is -0.667. The van der Waals surface area contributed by atoms with Crippen LogP contribution >= 0.6 is 11.3 Å². The summed E-state index contributed by atoms with van der Waals surface area (Å²) in [4.78, 5) is 42.6. The number of fused-ring (bicyclic) bond motifs is 1. The van der Waals surface area contributed by atoms with Gasteiger partial charge >= 0.3 is 6.03 Å². The van der Waals surface area contributed by atoms with Crippen LogP contribution in [0, 0.1) is 5.41 Å². The number of carbonyl (C=O) groups is 3. The molecular formula is C12H11N3O3S. The number of aromatic nitrogens is 1. The number of imide groups is 2. The van der Waals surface area contributed by atoms with Gasteiger partial charge in [-0.3, -0.25) is 14.9 Å². The first-order valence-electron chi connectivity index (χ1n) is 6.30. The van der Waals surface area contributed by atoms with E-state index in [-0.39, 0.29) is 0 Å². The van der Waals surface area contributed by atoms with E-state index in [1.807, 2.05) is 0 Å². The number of amides is 4. The van der Waals surface area contributed by atoms with E-state index in [1.54, 1.807) is 0 Å². The molecule has 0 unspecified atom stereocenters. The number of hydrogen-bond acceptors (Lipinski definition) is 5. The van der Waals surface area contributed by atoms with Gasteiger partial charge in [0.25, 0.3) is 5.91 Å². The number of rotatable bonds is 1. The molecule has 1 aromatic heterocycles. The van der Waals surface area contributed by atoms with Gasteiger partial charge in [0.1, 0.15) is 5.41 Å². The molecule has 1 aromatic rings. The summed E-state index contributed by atoms with van der Waals surface area (Å²) < 4.78 is 0. The van der Waals surface area contributed by atoms with Gasteiger partial charge in [-0.25, -0.2) is 14.7 Å². The van der Waals surface area contributed by atoms with Gasteiger partial charge in [0, 0.05) is 4.88 Å². The Labute approximate surface area is 112 Å². The molecule has 0 aromatic carbocycles. The lowest BCUT2D eigenvalue weighted by molar-refractivity contribution is -0.136. The molecule has 1 saturated carbocycles. The minimum Gasteiger partial charge on any atom is -0.276 e. The summed E-state index contributed by atoms with van der Waals surface area (Å²) in [5, 5.41) is 2.68. The predicted molar refractivity (Wildman–Crippen MR) is 66.8 cm³/mol. The van der Waals surface area contributed by atoms with Crippen LogP contribution in [0.3, 0.4) is 0 Å².